The molecule has 1 fully saturated rings. The van der Waals surface area contributed by atoms with Gasteiger partial charge in [0.2, 0.25) is 5.91 Å². The number of anilines is 1. The van der Waals surface area contributed by atoms with Crippen molar-refractivity contribution in [2.45, 2.75) is 64.7 Å². The lowest BCUT2D eigenvalue weighted by Gasteiger charge is -2.27. The lowest BCUT2D eigenvalue weighted by Crippen LogP contribution is -2.32. The Morgan fingerprint density at radius 3 is 2.44 bits per heavy atom. The standard InChI is InChI=1S/C30H31F4N3O2/c1-16-21(26(32)28(34)27(33)25(16)31)15-24(38)37(2)30-23(13-17-7-5-4-6-8-17)35-29-20-11-10-19(39-3)14-18(20)9-12-22(29)36-30/h10-11,14,17H,4-9,12-13,15H2,1-3H3. The summed E-state index contributed by atoms with van der Waals surface area (Å²) in [6.45, 7) is 1.13. The van der Waals surface area contributed by atoms with E-state index in [1.54, 1.807) is 7.11 Å². The molecule has 0 N–H and O–H groups in total. The zero-order valence-corrected chi connectivity index (χ0v) is 22.3. The molecule has 0 radical (unpaired) electrons. The van der Waals surface area contributed by atoms with Gasteiger partial charge in [-0.05, 0) is 61.4 Å². The number of aromatic nitrogens is 2. The van der Waals surface area contributed by atoms with Crippen LogP contribution in [0.2, 0.25) is 0 Å². The van der Waals surface area contributed by atoms with Crippen LogP contribution in [-0.4, -0.2) is 30.0 Å². The number of carbonyl (C=O) groups is 1. The van der Waals surface area contributed by atoms with Gasteiger partial charge in [0.25, 0.3) is 0 Å². The van der Waals surface area contributed by atoms with Crippen molar-refractivity contribution in [2.24, 2.45) is 5.92 Å². The average molecular weight is 542 g/mol. The number of fused-ring (bicyclic) bond motifs is 3. The van der Waals surface area contributed by atoms with Crippen molar-refractivity contribution in [1.29, 1.82) is 0 Å². The average Bonchev–Trinajstić information content (AvgIpc) is 2.96. The first-order valence-electron chi connectivity index (χ1n) is 13.3. The zero-order valence-electron chi connectivity index (χ0n) is 22.3. The quantitative estimate of drug-likeness (QED) is 0.205. The van der Waals surface area contributed by atoms with Crippen molar-refractivity contribution in [3.63, 3.8) is 0 Å². The van der Waals surface area contributed by atoms with E-state index in [0.29, 0.717) is 30.3 Å². The highest BCUT2D eigenvalue weighted by molar-refractivity contribution is 5.94. The van der Waals surface area contributed by atoms with E-state index in [2.05, 4.69) is 0 Å². The summed E-state index contributed by atoms with van der Waals surface area (Å²) in [5.74, 6) is -5.96. The van der Waals surface area contributed by atoms with E-state index in [-0.39, 0.29) is 0 Å². The van der Waals surface area contributed by atoms with Crippen LogP contribution in [0.4, 0.5) is 23.4 Å². The molecule has 9 heteroatoms. The maximum atomic E-state index is 14.5. The summed E-state index contributed by atoms with van der Waals surface area (Å²) in [5.41, 5.74) is 3.34. The maximum Gasteiger partial charge on any atom is 0.232 e. The number of methoxy groups -OCH3 is 1. The summed E-state index contributed by atoms with van der Waals surface area (Å²) in [6, 6.07) is 5.86. The van der Waals surface area contributed by atoms with Gasteiger partial charge in [0.1, 0.15) is 5.75 Å². The van der Waals surface area contributed by atoms with Gasteiger partial charge in [-0.3, -0.25) is 9.69 Å². The predicted octanol–water partition coefficient (Wildman–Crippen LogP) is 6.44. The number of nitrogens with zero attached hydrogens (tertiary/aromatic N) is 3. The molecular weight excluding hydrogens is 510 g/mol. The van der Waals surface area contributed by atoms with Crippen molar-refractivity contribution < 1.29 is 27.1 Å². The monoisotopic (exact) mass is 541 g/mol. The van der Waals surface area contributed by atoms with Crippen LogP contribution in [0.25, 0.3) is 11.3 Å². The molecule has 0 unspecified atom stereocenters. The fraction of sp³-hybridized carbons (Fsp3) is 0.433. The highest BCUT2D eigenvalue weighted by Crippen LogP contribution is 2.37. The number of carbonyl (C=O) groups excluding carboxylic acids is 1. The van der Waals surface area contributed by atoms with Crippen molar-refractivity contribution in [2.75, 3.05) is 19.1 Å². The molecule has 2 aromatic carbocycles. The van der Waals surface area contributed by atoms with E-state index in [0.717, 1.165) is 67.3 Å². The van der Waals surface area contributed by atoms with Crippen LogP contribution in [0.3, 0.4) is 0 Å². The molecule has 206 valence electrons. The summed E-state index contributed by atoms with van der Waals surface area (Å²) in [4.78, 5) is 24.6. The van der Waals surface area contributed by atoms with Crippen LogP contribution in [0.15, 0.2) is 18.2 Å². The highest BCUT2D eigenvalue weighted by atomic mass is 19.2. The minimum Gasteiger partial charge on any atom is -0.497 e. The Morgan fingerprint density at radius 1 is 1.00 bits per heavy atom. The molecule has 0 spiro atoms. The van der Waals surface area contributed by atoms with Crippen molar-refractivity contribution in [3.8, 4) is 17.0 Å². The van der Waals surface area contributed by atoms with Crippen LogP contribution in [0.1, 0.15) is 60.2 Å². The maximum absolute atomic E-state index is 14.5. The number of likely N-dealkylation sites (N-methyl/N-ethyl adjacent to an activating group) is 1. The largest absolute Gasteiger partial charge is 0.497 e. The highest BCUT2D eigenvalue weighted by Gasteiger charge is 2.29. The van der Waals surface area contributed by atoms with Crippen molar-refractivity contribution >= 4 is 11.7 Å². The topological polar surface area (TPSA) is 55.3 Å². The fourth-order valence-electron chi connectivity index (χ4n) is 5.73. The summed E-state index contributed by atoms with van der Waals surface area (Å²) >= 11 is 0. The van der Waals surface area contributed by atoms with Crippen LogP contribution >= 0.6 is 0 Å². The number of ether oxygens (including phenoxy) is 1. The van der Waals surface area contributed by atoms with Crippen LogP contribution in [0.5, 0.6) is 5.75 Å². The Bertz CT molecular complexity index is 1410. The van der Waals surface area contributed by atoms with E-state index in [1.807, 2.05) is 18.2 Å². The minimum atomic E-state index is -1.93. The molecule has 3 aromatic rings. The summed E-state index contributed by atoms with van der Waals surface area (Å²) in [5, 5.41) is 0. The molecular formula is C30H31F4N3O2. The third-order valence-corrected chi connectivity index (χ3v) is 8.07. The Hall–Kier alpha value is -3.49. The second-order valence-corrected chi connectivity index (χ2v) is 10.5. The minimum absolute atomic E-state index is 0.363. The SMILES string of the molecule is COc1ccc2c(c1)CCc1nc(N(C)C(=O)Cc3c(C)c(F)c(F)c(F)c3F)c(CC3CCCCC3)nc1-2. The number of hydrogen-bond acceptors (Lipinski definition) is 4. The summed E-state index contributed by atoms with van der Waals surface area (Å²) in [6.07, 6.45) is 6.91. The van der Waals surface area contributed by atoms with E-state index in [9.17, 15) is 22.4 Å². The van der Waals surface area contributed by atoms with Crippen molar-refractivity contribution in [1.82, 2.24) is 9.97 Å². The number of amides is 1. The van der Waals surface area contributed by atoms with E-state index in [1.165, 1.54) is 18.4 Å². The normalized spacial score (nSPS) is 15.1. The van der Waals surface area contributed by atoms with Crippen LogP contribution in [-0.2, 0) is 30.5 Å². The lowest BCUT2D eigenvalue weighted by atomic mass is 9.85. The number of halogens is 4. The Kier molecular flexibility index (Phi) is 7.60. The first-order chi connectivity index (χ1) is 18.7. The molecule has 1 heterocycles. The van der Waals surface area contributed by atoms with Gasteiger partial charge in [-0.15, -0.1) is 0 Å². The van der Waals surface area contributed by atoms with Gasteiger partial charge in [0, 0.05) is 18.2 Å². The van der Waals surface area contributed by atoms with Crippen molar-refractivity contribution in [3.05, 3.63) is 69.5 Å². The third-order valence-electron chi connectivity index (χ3n) is 8.07. The molecule has 0 bridgehead atoms. The Labute approximate surface area is 225 Å². The molecule has 1 saturated carbocycles. The first kappa shape index (κ1) is 27.1. The molecule has 2 aliphatic carbocycles. The number of aryl methyl sites for hydroxylation is 2. The van der Waals surface area contributed by atoms with Gasteiger partial charge in [0.05, 0.1) is 30.6 Å². The molecule has 1 aromatic heterocycles. The molecule has 0 saturated heterocycles. The number of hydrogen-bond donors (Lipinski definition) is 0. The molecule has 39 heavy (non-hydrogen) atoms. The molecule has 5 nitrogen and oxygen atoms in total. The van der Waals surface area contributed by atoms with Crippen LogP contribution < -0.4 is 9.64 Å². The second kappa shape index (κ2) is 10.9. The van der Waals surface area contributed by atoms with E-state index in [4.69, 9.17) is 14.7 Å². The Morgan fingerprint density at radius 2 is 1.72 bits per heavy atom. The second-order valence-electron chi connectivity index (χ2n) is 10.5. The predicted molar refractivity (Wildman–Crippen MR) is 140 cm³/mol. The van der Waals surface area contributed by atoms with Gasteiger partial charge in [-0.1, -0.05) is 32.1 Å². The first-order valence-corrected chi connectivity index (χ1v) is 13.3. The molecule has 1 amide bonds. The molecule has 5 rings (SSSR count). The smallest absolute Gasteiger partial charge is 0.232 e. The van der Waals surface area contributed by atoms with Gasteiger partial charge < -0.3 is 4.74 Å². The van der Waals surface area contributed by atoms with Crippen LogP contribution in [0, 0.1) is 36.1 Å². The van der Waals surface area contributed by atoms with Gasteiger partial charge in [-0.25, -0.2) is 27.5 Å². The molecule has 0 atom stereocenters. The van der Waals surface area contributed by atoms with E-state index >= 15 is 0 Å². The summed E-state index contributed by atoms with van der Waals surface area (Å²) in [7, 11) is 3.13. The Balaban J connectivity index is 1.53. The molecule has 0 aliphatic heterocycles. The zero-order chi connectivity index (χ0) is 27.8. The van der Waals surface area contributed by atoms with Gasteiger partial charge >= 0.3 is 0 Å². The third kappa shape index (κ3) is 5.11. The van der Waals surface area contributed by atoms with Gasteiger partial charge in [-0.2, -0.15) is 0 Å². The fourth-order valence-corrected chi connectivity index (χ4v) is 5.73. The lowest BCUT2D eigenvalue weighted by molar-refractivity contribution is -0.117. The van der Waals surface area contributed by atoms with E-state index < -0.39 is 46.7 Å². The number of benzene rings is 2. The number of rotatable bonds is 6. The molecule has 2 aliphatic rings. The summed E-state index contributed by atoms with van der Waals surface area (Å²) < 4.78 is 61.7. The van der Waals surface area contributed by atoms with Gasteiger partial charge in [0.15, 0.2) is 29.1 Å².